The second-order valence-corrected chi connectivity index (χ2v) is 8.09. The highest BCUT2D eigenvalue weighted by Crippen LogP contribution is 2.34. The fourth-order valence-electron chi connectivity index (χ4n) is 2.74. The Labute approximate surface area is 121 Å². The molecule has 20 heavy (non-hydrogen) atoms. The van der Waals surface area contributed by atoms with Gasteiger partial charge in [-0.2, -0.15) is 4.31 Å². The maximum atomic E-state index is 12.9. The molecule has 5 heteroatoms. The van der Waals surface area contributed by atoms with E-state index in [1.54, 1.807) is 10.4 Å². The Hall–Kier alpha value is -1.07. The lowest BCUT2D eigenvalue weighted by Gasteiger charge is -2.24. The van der Waals surface area contributed by atoms with E-state index < -0.39 is 10.0 Å². The van der Waals surface area contributed by atoms with Crippen molar-refractivity contribution < 1.29 is 8.42 Å². The molecule has 0 spiro atoms. The minimum absolute atomic E-state index is 0.216. The van der Waals surface area contributed by atoms with E-state index in [1.807, 2.05) is 12.1 Å². The number of fused-ring (bicyclic) bond motifs is 1. The summed E-state index contributed by atoms with van der Waals surface area (Å²) in [5, 5.41) is 3.27. The molecule has 1 aliphatic carbocycles. The fraction of sp³-hybridized carbons (Fsp3) is 0.600. The molecule has 110 valence electrons. The number of nitrogens with zero attached hydrogens (tertiary/aromatic N) is 1. The fourth-order valence-corrected chi connectivity index (χ4v) is 4.64. The SMILES string of the molecule is CC(C)CN(C1CC1)S(=O)(=O)c1ccc2c(c1)CCN2. The van der Waals surface area contributed by atoms with Crippen LogP contribution >= 0.6 is 0 Å². The molecule has 0 amide bonds. The molecule has 0 bridgehead atoms. The Morgan fingerprint density at radius 1 is 1.35 bits per heavy atom. The number of hydrogen-bond donors (Lipinski definition) is 1. The number of sulfonamides is 1. The summed E-state index contributed by atoms with van der Waals surface area (Å²) in [6.45, 7) is 5.65. The van der Waals surface area contributed by atoms with Crippen molar-refractivity contribution in [3.8, 4) is 0 Å². The van der Waals surface area contributed by atoms with Crippen molar-refractivity contribution in [2.24, 2.45) is 5.92 Å². The number of benzene rings is 1. The van der Waals surface area contributed by atoms with Crippen molar-refractivity contribution in [2.75, 3.05) is 18.4 Å². The van der Waals surface area contributed by atoms with Crippen LogP contribution in [0.2, 0.25) is 0 Å². The lowest BCUT2D eigenvalue weighted by molar-refractivity contribution is 0.360. The largest absolute Gasteiger partial charge is 0.384 e. The molecule has 0 radical (unpaired) electrons. The predicted octanol–water partition coefficient (Wildman–Crippen LogP) is 2.46. The Morgan fingerprint density at radius 2 is 2.10 bits per heavy atom. The summed E-state index contributed by atoms with van der Waals surface area (Å²) in [6.07, 6.45) is 2.91. The molecule has 1 N–H and O–H groups in total. The normalized spacial score (nSPS) is 18.4. The van der Waals surface area contributed by atoms with Crippen LogP contribution in [0, 0.1) is 5.92 Å². The standard InChI is InChI=1S/C15H22N2O2S/c1-11(2)10-17(13-3-4-13)20(18,19)14-5-6-15-12(9-14)7-8-16-15/h5-6,9,11,13,16H,3-4,7-8,10H2,1-2H3. The summed E-state index contributed by atoms with van der Waals surface area (Å²) in [7, 11) is -3.35. The van der Waals surface area contributed by atoms with Crippen LogP contribution in [0.1, 0.15) is 32.3 Å². The summed E-state index contributed by atoms with van der Waals surface area (Å²) < 4.78 is 27.4. The van der Waals surface area contributed by atoms with Gasteiger partial charge < -0.3 is 5.32 Å². The van der Waals surface area contributed by atoms with Crippen molar-refractivity contribution in [3.63, 3.8) is 0 Å². The van der Waals surface area contributed by atoms with Crippen LogP contribution in [0.25, 0.3) is 0 Å². The van der Waals surface area contributed by atoms with Crippen LogP contribution in [-0.4, -0.2) is 31.9 Å². The van der Waals surface area contributed by atoms with E-state index >= 15 is 0 Å². The summed E-state index contributed by atoms with van der Waals surface area (Å²) in [5.41, 5.74) is 2.19. The zero-order valence-electron chi connectivity index (χ0n) is 12.1. The molecule has 1 aromatic carbocycles. The van der Waals surface area contributed by atoms with E-state index in [4.69, 9.17) is 0 Å². The molecule has 0 atom stereocenters. The molecular weight excluding hydrogens is 272 g/mol. The molecule has 0 aromatic heterocycles. The Kier molecular flexibility index (Phi) is 3.50. The third-order valence-electron chi connectivity index (χ3n) is 3.89. The number of hydrogen-bond acceptors (Lipinski definition) is 3. The van der Waals surface area contributed by atoms with Crippen molar-refractivity contribution >= 4 is 15.7 Å². The lowest BCUT2D eigenvalue weighted by atomic mass is 10.2. The molecule has 0 unspecified atom stereocenters. The second kappa shape index (κ2) is 5.04. The maximum absolute atomic E-state index is 12.9. The smallest absolute Gasteiger partial charge is 0.243 e. The van der Waals surface area contributed by atoms with E-state index in [9.17, 15) is 8.42 Å². The molecule has 1 fully saturated rings. The average molecular weight is 294 g/mol. The second-order valence-electron chi connectivity index (χ2n) is 6.20. The third kappa shape index (κ3) is 2.56. The topological polar surface area (TPSA) is 49.4 Å². The van der Waals surface area contributed by atoms with E-state index in [0.717, 1.165) is 37.1 Å². The van der Waals surface area contributed by atoms with Gasteiger partial charge >= 0.3 is 0 Å². The summed E-state index contributed by atoms with van der Waals surface area (Å²) in [5.74, 6) is 0.349. The van der Waals surface area contributed by atoms with Gasteiger partial charge in [0.25, 0.3) is 0 Å². The first kappa shape index (κ1) is 13.9. The van der Waals surface area contributed by atoms with Crippen LogP contribution in [0.4, 0.5) is 5.69 Å². The number of rotatable bonds is 5. The van der Waals surface area contributed by atoms with Gasteiger partial charge in [0.15, 0.2) is 0 Å². The monoisotopic (exact) mass is 294 g/mol. The molecule has 0 saturated heterocycles. The van der Waals surface area contributed by atoms with Gasteiger partial charge in [0.1, 0.15) is 0 Å². The maximum Gasteiger partial charge on any atom is 0.243 e. The molecule has 1 saturated carbocycles. The first-order chi connectivity index (χ1) is 9.48. The first-order valence-corrected chi connectivity index (χ1v) is 8.81. The molecular formula is C15H22N2O2S. The van der Waals surface area contributed by atoms with Gasteiger partial charge in [-0.3, -0.25) is 0 Å². The molecule has 2 aliphatic rings. The quantitative estimate of drug-likeness (QED) is 0.907. The van der Waals surface area contributed by atoms with Crippen molar-refractivity contribution in [2.45, 2.75) is 44.0 Å². The zero-order valence-corrected chi connectivity index (χ0v) is 12.9. The average Bonchev–Trinajstić information content (AvgIpc) is 3.12. The Balaban J connectivity index is 1.93. The first-order valence-electron chi connectivity index (χ1n) is 7.37. The van der Waals surface area contributed by atoms with Crippen molar-refractivity contribution in [1.29, 1.82) is 0 Å². The molecule has 3 rings (SSSR count). The van der Waals surface area contributed by atoms with Crippen molar-refractivity contribution in [3.05, 3.63) is 23.8 Å². The molecule has 1 aliphatic heterocycles. The van der Waals surface area contributed by atoms with E-state index in [-0.39, 0.29) is 6.04 Å². The van der Waals surface area contributed by atoms with Crippen LogP contribution in [0.5, 0.6) is 0 Å². The lowest BCUT2D eigenvalue weighted by Crippen LogP contribution is -2.36. The molecule has 1 heterocycles. The van der Waals surface area contributed by atoms with E-state index in [0.29, 0.717) is 17.4 Å². The summed E-state index contributed by atoms with van der Waals surface area (Å²) >= 11 is 0. The van der Waals surface area contributed by atoms with Crippen molar-refractivity contribution in [1.82, 2.24) is 4.31 Å². The van der Waals surface area contributed by atoms with Gasteiger partial charge in [-0.1, -0.05) is 13.8 Å². The Morgan fingerprint density at radius 3 is 2.75 bits per heavy atom. The highest BCUT2D eigenvalue weighted by molar-refractivity contribution is 7.89. The highest BCUT2D eigenvalue weighted by atomic mass is 32.2. The summed E-state index contributed by atoms with van der Waals surface area (Å²) in [6, 6.07) is 5.70. The van der Waals surface area contributed by atoms with Gasteiger partial charge in [0.05, 0.1) is 4.90 Å². The molecule has 4 nitrogen and oxygen atoms in total. The Bertz CT molecular complexity index is 606. The van der Waals surface area contributed by atoms with Gasteiger partial charge in [0.2, 0.25) is 10.0 Å². The van der Waals surface area contributed by atoms with Gasteiger partial charge in [0, 0.05) is 24.8 Å². The minimum Gasteiger partial charge on any atom is -0.384 e. The third-order valence-corrected chi connectivity index (χ3v) is 5.81. The van der Waals surface area contributed by atoms with Gasteiger partial charge in [-0.05, 0) is 48.9 Å². The minimum atomic E-state index is -3.35. The van der Waals surface area contributed by atoms with Gasteiger partial charge in [-0.15, -0.1) is 0 Å². The summed E-state index contributed by atoms with van der Waals surface area (Å²) in [4.78, 5) is 0.451. The van der Waals surface area contributed by atoms with Crippen LogP contribution in [0.3, 0.4) is 0 Å². The molecule has 1 aromatic rings. The predicted molar refractivity (Wildman–Crippen MR) is 80.4 cm³/mol. The zero-order chi connectivity index (χ0) is 14.3. The van der Waals surface area contributed by atoms with Crippen LogP contribution < -0.4 is 5.32 Å². The van der Waals surface area contributed by atoms with E-state index in [1.165, 1.54) is 0 Å². The number of nitrogens with one attached hydrogen (secondary N) is 1. The highest BCUT2D eigenvalue weighted by Gasteiger charge is 2.38. The van der Waals surface area contributed by atoms with Crippen LogP contribution in [0.15, 0.2) is 23.1 Å². The number of anilines is 1. The van der Waals surface area contributed by atoms with Crippen LogP contribution in [-0.2, 0) is 16.4 Å². The van der Waals surface area contributed by atoms with E-state index in [2.05, 4.69) is 19.2 Å². The van der Waals surface area contributed by atoms with Gasteiger partial charge in [-0.25, -0.2) is 8.42 Å².